The molecule has 30 heavy (non-hydrogen) atoms. The number of aryl methyl sites for hydroxylation is 1. The van der Waals surface area contributed by atoms with Crippen molar-refractivity contribution < 1.29 is 22.6 Å². The molecule has 2 aromatic rings. The number of benzene rings is 1. The Balaban J connectivity index is 0.00000450. The smallest absolute Gasteiger partial charge is 0.435 e. The molecular weight excluding hydrogens is 514 g/mol. The minimum absolute atomic E-state index is 0. The third-order valence-corrected chi connectivity index (χ3v) is 3.88. The van der Waals surface area contributed by atoms with Gasteiger partial charge in [-0.05, 0) is 26.0 Å². The lowest BCUT2D eigenvalue weighted by molar-refractivity contribution is -0.142. The van der Waals surface area contributed by atoms with Crippen LogP contribution in [0.4, 0.5) is 13.2 Å². The van der Waals surface area contributed by atoms with Gasteiger partial charge in [0.15, 0.2) is 23.2 Å². The molecule has 1 aromatic heterocycles. The van der Waals surface area contributed by atoms with Crippen LogP contribution in [-0.4, -0.2) is 42.0 Å². The Bertz CT molecular complexity index is 827. The summed E-state index contributed by atoms with van der Waals surface area (Å²) in [6.07, 6.45) is -3.43. The molecule has 1 atom stereocenters. The summed E-state index contributed by atoms with van der Waals surface area (Å²) in [6, 6.07) is 7.29. The van der Waals surface area contributed by atoms with E-state index in [9.17, 15) is 13.2 Å². The normalized spacial score (nSPS) is 12.7. The minimum atomic E-state index is -4.52. The van der Waals surface area contributed by atoms with Crippen molar-refractivity contribution in [3.05, 3.63) is 41.7 Å². The molecule has 168 valence electrons. The maximum absolute atomic E-state index is 13.1. The van der Waals surface area contributed by atoms with Gasteiger partial charge in [-0.2, -0.15) is 18.3 Å². The number of hydrogen-bond donors (Lipinski definition) is 2. The second-order valence-electron chi connectivity index (χ2n) is 6.33. The monoisotopic (exact) mass is 541 g/mol. The maximum Gasteiger partial charge on any atom is 0.435 e. The van der Waals surface area contributed by atoms with Crippen molar-refractivity contribution in [3.8, 4) is 11.5 Å². The molecule has 0 aliphatic rings. The first-order valence-electron chi connectivity index (χ1n) is 9.16. The van der Waals surface area contributed by atoms with Gasteiger partial charge in [-0.15, -0.1) is 24.0 Å². The van der Waals surface area contributed by atoms with Gasteiger partial charge in [0, 0.05) is 25.4 Å². The van der Waals surface area contributed by atoms with E-state index < -0.39 is 11.9 Å². The molecular formula is C19H27F3IN5O2. The van der Waals surface area contributed by atoms with Gasteiger partial charge in [0.2, 0.25) is 0 Å². The molecule has 0 amide bonds. The summed E-state index contributed by atoms with van der Waals surface area (Å²) in [5.41, 5.74) is -0.914. The quantitative estimate of drug-likeness (QED) is 0.304. The predicted octanol–water partition coefficient (Wildman–Crippen LogP) is 3.59. The van der Waals surface area contributed by atoms with Crippen molar-refractivity contribution >= 4 is 29.9 Å². The van der Waals surface area contributed by atoms with E-state index in [1.54, 1.807) is 19.2 Å². The summed E-state index contributed by atoms with van der Waals surface area (Å²) >= 11 is 0. The second kappa shape index (κ2) is 11.9. The summed E-state index contributed by atoms with van der Waals surface area (Å²) in [5, 5.41) is 9.58. The number of halogens is 4. The Morgan fingerprint density at radius 2 is 1.90 bits per heavy atom. The average Bonchev–Trinajstić information content (AvgIpc) is 3.05. The fraction of sp³-hybridized carbons (Fsp3) is 0.474. The van der Waals surface area contributed by atoms with E-state index in [0.717, 1.165) is 4.68 Å². The molecule has 0 spiro atoms. The van der Waals surface area contributed by atoms with Gasteiger partial charge in [-0.3, -0.25) is 4.68 Å². The highest BCUT2D eigenvalue weighted by Crippen LogP contribution is 2.31. The zero-order chi connectivity index (χ0) is 21.4. The molecule has 0 fully saturated rings. The van der Waals surface area contributed by atoms with Gasteiger partial charge in [0.1, 0.15) is 6.10 Å². The fourth-order valence-electron chi connectivity index (χ4n) is 2.61. The van der Waals surface area contributed by atoms with E-state index in [0.29, 0.717) is 30.5 Å². The molecule has 1 unspecified atom stereocenters. The summed E-state index contributed by atoms with van der Waals surface area (Å²) in [7, 11) is 3.01. The summed E-state index contributed by atoms with van der Waals surface area (Å²) in [5.74, 6) is 1.62. The molecule has 7 nitrogen and oxygen atoms in total. The molecule has 0 saturated heterocycles. The molecule has 1 aromatic carbocycles. The van der Waals surface area contributed by atoms with Gasteiger partial charge in [0.25, 0.3) is 0 Å². The number of hydrogen-bond acceptors (Lipinski definition) is 4. The van der Waals surface area contributed by atoms with Crippen LogP contribution in [0.1, 0.15) is 25.1 Å². The number of rotatable bonds is 8. The third kappa shape index (κ3) is 7.58. The lowest BCUT2D eigenvalue weighted by Crippen LogP contribution is -2.41. The van der Waals surface area contributed by atoms with Gasteiger partial charge < -0.3 is 20.1 Å². The Morgan fingerprint density at radius 1 is 1.23 bits per heavy atom. The number of aromatic nitrogens is 2. The highest BCUT2D eigenvalue weighted by atomic mass is 127. The summed E-state index contributed by atoms with van der Waals surface area (Å²) in [6.45, 7) is 4.54. The topological polar surface area (TPSA) is 72.7 Å². The molecule has 2 rings (SSSR count). The van der Waals surface area contributed by atoms with Crippen LogP contribution in [0.2, 0.25) is 0 Å². The van der Waals surface area contributed by atoms with E-state index in [1.165, 1.54) is 13.2 Å². The number of ether oxygens (including phenoxy) is 2. The molecule has 11 heteroatoms. The van der Waals surface area contributed by atoms with Gasteiger partial charge >= 0.3 is 6.18 Å². The number of guanidine groups is 1. The van der Waals surface area contributed by atoms with Crippen LogP contribution in [0.5, 0.6) is 11.5 Å². The van der Waals surface area contributed by atoms with E-state index in [4.69, 9.17) is 9.47 Å². The molecule has 0 saturated carbocycles. The van der Waals surface area contributed by atoms with Crippen LogP contribution in [0.25, 0.3) is 0 Å². The van der Waals surface area contributed by atoms with E-state index in [1.807, 2.05) is 26.0 Å². The largest absolute Gasteiger partial charge is 0.493 e. The van der Waals surface area contributed by atoms with Crippen LogP contribution in [0, 0.1) is 0 Å². The third-order valence-electron chi connectivity index (χ3n) is 3.88. The summed E-state index contributed by atoms with van der Waals surface area (Å²) < 4.78 is 51.5. The lowest BCUT2D eigenvalue weighted by Gasteiger charge is -2.19. The Labute approximate surface area is 191 Å². The zero-order valence-corrected chi connectivity index (χ0v) is 19.6. The van der Waals surface area contributed by atoms with Crippen LogP contribution >= 0.6 is 24.0 Å². The number of para-hydroxylation sites is 2. The fourth-order valence-corrected chi connectivity index (χ4v) is 2.61. The van der Waals surface area contributed by atoms with Crippen molar-refractivity contribution in [3.63, 3.8) is 0 Å². The van der Waals surface area contributed by atoms with Gasteiger partial charge in [0.05, 0.1) is 20.2 Å². The first-order chi connectivity index (χ1) is 13.7. The Morgan fingerprint density at radius 3 is 2.50 bits per heavy atom. The van der Waals surface area contributed by atoms with Crippen molar-refractivity contribution in [2.75, 3.05) is 20.2 Å². The van der Waals surface area contributed by atoms with Gasteiger partial charge in [-0.25, -0.2) is 4.99 Å². The molecule has 0 aliphatic carbocycles. The minimum Gasteiger partial charge on any atom is -0.493 e. The van der Waals surface area contributed by atoms with E-state index in [2.05, 4.69) is 20.7 Å². The van der Waals surface area contributed by atoms with Gasteiger partial charge in [-0.1, -0.05) is 12.1 Å². The van der Waals surface area contributed by atoms with Crippen molar-refractivity contribution in [2.45, 2.75) is 32.7 Å². The lowest BCUT2D eigenvalue weighted by atomic mass is 10.2. The first kappa shape index (κ1) is 25.9. The highest BCUT2D eigenvalue weighted by molar-refractivity contribution is 14.0. The Hall–Kier alpha value is -2.18. The molecule has 0 bridgehead atoms. The number of aliphatic imine (C=N–C) groups is 1. The number of methoxy groups -OCH3 is 1. The predicted molar refractivity (Wildman–Crippen MR) is 120 cm³/mol. The maximum atomic E-state index is 13.1. The van der Waals surface area contributed by atoms with E-state index in [-0.39, 0.29) is 42.2 Å². The number of nitrogens with zero attached hydrogens (tertiary/aromatic N) is 3. The van der Waals surface area contributed by atoms with Crippen molar-refractivity contribution in [1.82, 2.24) is 20.4 Å². The number of alkyl halides is 3. The SMILES string of the molecule is CCNC(=NCc1cn(C)nc1C(F)(F)F)NCC(C)Oc1ccccc1OC.I. The second-order valence-corrected chi connectivity index (χ2v) is 6.33. The highest BCUT2D eigenvalue weighted by Gasteiger charge is 2.36. The molecule has 0 aliphatic heterocycles. The number of nitrogens with one attached hydrogen (secondary N) is 2. The molecule has 1 heterocycles. The van der Waals surface area contributed by atoms with Crippen LogP contribution in [0.3, 0.4) is 0 Å². The molecule has 2 N–H and O–H groups in total. The summed E-state index contributed by atoms with van der Waals surface area (Å²) in [4.78, 5) is 4.24. The first-order valence-corrected chi connectivity index (χ1v) is 9.16. The van der Waals surface area contributed by atoms with Crippen molar-refractivity contribution in [1.29, 1.82) is 0 Å². The van der Waals surface area contributed by atoms with Crippen LogP contribution in [0.15, 0.2) is 35.5 Å². The van der Waals surface area contributed by atoms with E-state index >= 15 is 0 Å². The standard InChI is InChI=1S/C19H26F3N5O2.HI/c1-5-23-18(25-11-14-12-27(3)26-17(14)19(20,21)22)24-10-13(2)29-16-9-7-6-8-15(16)28-4;/h6-9,12-13H,5,10-11H2,1-4H3,(H2,23,24,25);1H. The van der Waals surface area contributed by atoms with Crippen LogP contribution in [-0.2, 0) is 19.8 Å². The van der Waals surface area contributed by atoms with Crippen molar-refractivity contribution in [2.24, 2.45) is 12.0 Å². The van der Waals surface area contributed by atoms with Crippen LogP contribution < -0.4 is 20.1 Å². The zero-order valence-electron chi connectivity index (χ0n) is 17.3. The average molecular weight is 541 g/mol. The molecule has 0 radical (unpaired) electrons. The Kier molecular flexibility index (Phi) is 10.2.